The summed E-state index contributed by atoms with van der Waals surface area (Å²) >= 11 is 12.6. The minimum Gasteiger partial charge on any atom is -0.494 e. The fourth-order valence-electron chi connectivity index (χ4n) is 3.31. The van der Waals surface area contributed by atoms with Gasteiger partial charge in [0.15, 0.2) is 0 Å². The van der Waals surface area contributed by atoms with Crippen LogP contribution in [0.2, 0.25) is 10.0 Å². The van der Waals surface area contributed by atoms with Crippen LogP contribution in [0.4, 0.5) is 17.1 Å². The van der Waals surface area contributed by atoms with E-state index in [-0.39, 0.29) is 12.3 Å². The molecule has 6 heteroatoms. The van der Waals surface area contributed by atoms with Crippen LogP contribution in [0.15, 0.2) is 66.7 Å². The zero-order valence-electron chi connectivity index (χ0n) is 18.2. The Morgan fingerprint density at radius 3 is 2.44 bits per heavy atom. The molecule has 0 heterocycles. The zero-order valence-corrected chi connectivity index (χ0v) is 19.7. The summed E-state index contributed by atoms with van der Waals surface area (Å²) in [5.74, 6) is 0.638. The molecule has 0 aliphatic carbocycles. The van der Waals surface area contributed by atoms with Gasteiger partial charge >= 0.3 is 0 Å². The zero-order chi connectivity index (χ0) is 22.8. The molecular weight excluding hydrogens is 443 g/mol. The Bertz CT molecular complexity index is 1020. The first-order valence-corrected chi connectivity index (χ1v) is 11.6. The van der Waals surface area contributed by atoms with E-state index < -0.39 is 0 Å². The monoisotopic (exact) mass is 470 g/mol. The fourth-order valence-corrected chi connectivity index (χ4v) is 3.80. The number of hydrogen-bond donors (Lipinski definition) is 2. The van der Waals surface area contributed by atoms with Gasteiger partial charge in [0.05, 0.1) is 28.8 Å². The quantitative estimate of drug-likeness (QED) is 0.280. The molecule has 0 aromatic heterocycles. The smallest absolute Gasteiger partial charge is 0.228 e. The molecule has 3 rings (SSSR count). The number of benzene rings is 3. The summed E-state index contributed by atoms with van der Waals surface area (Å²) in [6.07, 6.45) is 4.82. The summed E-state index contributed by atoms with van der Waals surface area (Å²) in [6.45, 7) is 2.87. The number of nitrogens with one attached hydrogen (secondary N) is 2. The van der Waals surface area contributed by atoms with Crippen molar-refractivity contribution in [3.63, 3.8) is 0 Å². The molecule has 0 bridgehead atoms. The summed E-state index contributed by atoms with van der Waals surface area (Å²) in [6, 6.07) is 20.4. The average Bonchev–Trinajstić information content (AvgIpc) is 2.77. The van der Waals surface area contributed by atoms with Crippen LogP contribution in [0.25, 0.3) is 0 Å². The Hall–Kier alpha value is -2.69. The van der Waals surface area contributed by atoms with Gasteiger partial charge in [0, 0.05) is 17.4 Å². The third-order valence-electron chi connectivity index (χ3n) is 4.98. The lowest BCUT2D eigenvalue weighted by Crippen LogP contribution is -2.15. The molecule has 0 saturated heterocycles. The summed E-state index contributed by atoms with van der Waals surface area (Å²) in [5, 5.41) is 7.25. The maximum absolute atomic E-state index is 12.7. The van der Waals surface area contributed by atoms with Gasteiger partial charge in [-0.1, -0.05) is 79.7 Å². The van der Waals surface area contributed by atoms with E-state index in [9.17, 15) is 4.79 Å². The highest BCUT2D eigenvalue weighted by Gasteiger charge is 2.12. The van der Waals surface area contributed by atoms with E-state index in [1.54, 1.807) is 18.2 Å². The Kier molecular flexibility index (Phi) is 9.27. The minimum atomic E-state index is -0.121. The van der Waals surface area contributed by atoms with Gasteiger partial charge in [-0.05, 0) is 42.3 Å². The van der Waals surface area contributed by atoms with Crippen molar-refractivity contribution >= 4 is 46.2 Å². The summed E-state index contributed by atoms with van der Waals surface area (Å²) in [5.41, 5.74) is 2.94. The third kappa shape index (κ3) is 7.18. The molecule has 0 aliphatic rings. The van der Waals surface area contributed by atoms with Crippen molar-refractivity contribution < 1.29 is 9.53 Å². The molecule has 0 saturated carbocycles. The lowest BCUT2D eigenvalue weighted by Gasteiger charge is -2.14. The average molecular weight is 471 g/mol. The Morgan fingerprint density at radius 1 is 0.906 bits per heavy atom. The molecule has 32 heavy (non-hydrogen) atoms. The number of ether oxygens (including phenoxy) is 1. The number of rotatable bonds is 11. The van der Waals surface area contributed by atoms with Crippen LogP contribution in [0.1, 0.15) is 38.2 Å². The molecule has 0 unspecified atom stereocenters. The largest absolute Gasteiger partial charge is 0.494 e. The molecule has 168 valence electrons. The SMILES string of the molecule is CCCCCCOc1cccc(NC(=O)Cc2ccccc2Nc2c(Cl)cccc2Cl)c1. The first-order valence-electron chi connectivity index (χ1n) is 10.9. The summed E-state index contributed by atoms with van der Waals surface area (Å²) < 4.78 is 5.81. The second kappa shape index (κ2) is 12.4. The van der Waals surface area contributed by atoms with Gasteiger partial charge < -0.3 is 15.4 Å². The number of anilines is 3. The standard InChI is InChI=1S/C26H28Cl2N2O2/c1-2-3-4-7-16-32-21-12-8-11-20(18-21)29-25(31)17-19-10-5-6-15-24(19)30-26-22(27)13-9-14-23(26)28/h5-6,8-15,18,30H,2-4,7,16-17H2,1H3,(H,29,31). The van der Waals surface area contributed by atoms with E-state index >= 15 is 0 Å². The second-order valence-electron chi connectivity index (χ2n) is 7.54. The fraction of sp³-hybridized carbons (Fsp3) is 0.269. The van der Waals surface area contributed by atoms with E-state index in [2.05, 4.69) is 17.6 Å². The predicted molar refractivity (Wildman–Crippen MR) is 135 cm³/mol. The highest BCUT2D eigenvalue weighted by atomic mass is 35.5. The van der Waals surface area contributed by atoms with Gasteiger partial charge in [0.1, 0.15) is 5.75 Å². The van der Waals surface area contributed by atoms with Gasteiger partial charge in [-0.25, -0.2) is 0 Å². The second-order valence-corrected chi connectivity index (χ2v) is 8.36. The molecule has 0 spiro atoms. The predicted octanol–water partition coefficient (Wildman–Crippen LogP) is 7.88. The van der Waals surface area contributed by atoms with Gasteiger partial charge in [0.2, 0.25) is 5.91 Å². The van der Waals surface area contributed by atoms with Crippen molar-refractivity contribution in [3.05, 3.63) is 82.3 Å². The highest BCUT2D eigenvalue weighted by molar-refractivity contribution is 6.39. The van der Waals surface area contributed by atoms with Crippen LogP contribution >= 0.6 is 23.2 Å². The number of halogens is 2. The van der Waals surface area contributed by atoms with Gasteiger partial charge in [-0.3, -0.25) is 4.79 Å². The van der Waals surface area contributed by atoms with E-state index in [4.69, 9.17) is 27.9 Å². The first kappa shape index (κ1) is 24.0. The number of para-hydroxylation sites is 2. The van der Waals surface area contributed by atoms with Gasteiger partial charge in [-0.2, -0.15) is 0 Å². The molecule has 4 nitrogen and oxygen atoms in total. The van der Waals surface area contributed by atoms with Crippen LogP contribution in [0.5, 0.6) is 5.75 Å². The van der Waals surface area contributed by atoms with Crippen LogP contribution < -0.4 is 15.4 Å². The number of unbranched alkanes of at least 4 members (excludes halogenated alkanes) is 3. The Morgan fingerprint density at radius 2 is 1.66 bits per heavy atom. The topological polar surface area (TPSA) is 50.4 Å². The number of carbonyl (C=O) groups is 1. The molecule has 3 aromatic carbocycles. The maximum Gasteiger partial charge on any atom is 0.228 e. The minimum absolute atomic E-state index is 0.121. The number of amides is 1. The lowest BCUT2D eigenvalue weighted by atomic mass is 10.1. The molecular formula is C26H28Cl2N2O2. The van der Waals surface area contributed by atoms with E-state index in [0.29, 0.717) is 28.0 Å². The number of hydrogen-bond acceptors (Lipinski definition) is 3. The van der Waals surface area contributed by atoms with Crippen LogP contribution in [-0.4, -0.2) is 12.5 Å². The third-order valence-corrected chi connectivity index (χ3v) is 5.61. The van der Waals surface area contributed by atoms with Crippen molar-refractivity contribution in [1.82, 2.24) is 0 Å². The maximum atomic E-state index is 12.7. The normalized spacial score (nSPS) is 10.6. The van der Waals surface area contributed by atoms with Crippen LogP contribution in [0.3, 0.4) is 0 Å². The van der Waals surface area contributed by atoms with Crippen LogP contribution in [-0.2, 0) is 11.2 Å². The van der Waals surface area contributed by atoms with Gasteiger partial charge in [-0.15, -0.1) is 0 Å². The molecule has 0 aliphatic heterocycles. The molecule has 0 radical (unpaired) electrons. The van der Waals surface area contributed by atoms with Crippen molar-refractivity contribution in [2.75, 3.05) is 17.2 Å². The van der Waals surface area contributed by atoms with Crippen molar-refractivity contribution in [1.29, 1.82) is 0 Å². The molecule has 3 aromatic rings. The van der Waals surface area contributed by atoms with Crippen molar-refractivity contribution in [2.45, 2.75) is 39.0 Å². The van der Waals surface area contributed by atoms with E-state index in [1.165, 1.54) is 19.3 Å². The van der Waals surface area contributed by atoms with Crippen LogP contribution in [0, 0.1) is 0 Å². The number of carbonyl (C=O) groups excluding carboxylic acids is 1. The molecule has 1 amide bonds. The Balaban J connectivity index is 1.62. The van der Waals surface area contributed by atoms with Gasteiger partial charge in [0.25, 0.3) is 0 Å². The van der Waals surface area contributed by atoms with E-state index in [1.807, 2.05) is 48.5 Å². The Labute approximate surface area is 199 Å². The molecule has 0 fully saturated rings. The molecule has 0 atom stereocenters. The first-order chi connectivity index (χ1) is 15.6. The summed E-state index contributed by atoms with van der Waals surface area (Å²) in [4.78, 5) is 12.7. The van der Waals surface area contributed by atoms with E-state index in [0.717, 1.165) is 23.4 Å². The van der Waals surface area contributed by atoms with Crippen molar-refractivity contribution in [3.8, 4) is 5.75 Å². The van der Waals surface area contributed by atoms with Crippen molar-refractivity contribution in [2.24, 2.45) is 0 Å². The summed E-state index contributed by atoms with van der Waals surface area (Å²) in [7, 11) is 0. The molecule has 2 N–H and O–H groups in total. The lowest BCUT2D eigenvalue weighted by molar-refractivity contribution is -0.115. The highest BCUT2D eigenvalue weighted by Crippen LogP contribution is 2.33.